The number of benzene rings is 3. The van der Waals surface area contributed by atoms with Crippen molar-refractivity contribution in [2.45, 2.75) is 10.9 Å². The van der Waals surface area contributed by atoms with Crippen molar-refractivity contribution in [1.82, 2.24) is 14.9 Å². The zero-order valence-corrected chi connectivity index (χ0v) is 14.8. The summed E-state index contributed by atoms with van der Waals surface area (Å²) >= 11 is 7.79. The third-order valence-corrected chi connectivity index (χ3v) is 5.34. The normalized spacial score (nSPS) is 11.1. The second kappa shape index (κ2) is 6.78. The lowest BCUT2D eigenvalue weighted by Gasteiger charge is -2.07. The lowest BCUT2D eigenvalue weighted by atomic mass is 10.1. The van der Waals surface area contributed by atoms with E-state index in [1.54, 1.807) is 11.8 Å². The molecule has 4 nitrogen and oxygen atoms in total. The Labute approximate surface area is 154 Å². The monoisotopic (exact) mass is 366 g/mol. The van der Waals surface area contributed by atoms with E-state index < -0.39 is 0 Å². The van der Waals surface area contributed by atoms with Crippen molar-refractivity contribution in [3.05, 3.63) is 77.3 Å². The van der Waals surface area contributed by atoms with E-state index in [-0.39, 0.29) is 0 Å². The smallest absolute Gasteiger partial charge is 0.210 e. The van der Waals surface area contributed by atoms with Crippen LogP contribution < -0.4 is 5.84 Å². The van der Waals surface area contributed by atoms with Gasteiger partial charge in [-0.25, -0.2) is 4.68 Å². The predicted octanol–water partition coefficient (Wildman–Crippen LogP) is 4.76. The van der Waals surface area contributed by atoms with E-state index in [0.717, 1.165) is 11.3 Å². The number of halogens is 1. The number of hydrogen-bond donors (Lipinski definition) is 1. The van der Waals surface area contributed by atoms with Gasteiger partial charge in [0.15, 0.2) is 5.82 Å². The van der Waals surface area contributed by atoms with Crippen molar-refractivity contribution in [1.29, 1.82) is 0 Å². The van der Waals surface area contributed by atoms with E-state index in [1.165, 1.54) is 21.0 Å². The molecule has 0 unspecified atom stereocenters. The molecule has 0 aliphatic carbocycles. The Kier molecular flexibility index (Phi) is 4.34. The van der Waals surface area contributed by atoms with Gasteiger partial charge in [-0.2, -0.15) is 0 Å². The van der Waals surface area contributed by atoms with Gasteiger partial charge < -0.3 is 5.84 Å². The van der Waals surface area contributed by atoms with E-state index in [2.05, 4.69) is 46.6 Å². The summed E-state index contributed by atoms with van der Waals surface area (Å²) in [5.41, 5.74) is 2.02. The highest BCUT2D eigenvalue weighted by molar-refractivity contribution is 7.98. The van der Waals surface area contributed by atoms with Gasteiger partial charge in [-0.15, -0.1) is 10.2 Å². The van der Waals surface area contributed by atoms with Gasteiger partial charge in [0.2, 0.25) is 5.16 Å². The second-order valence-electron chi connectivity index (χ2n) is 5.58. The molecule has 0 fully saturated rings. The standard InChI is InChI=1S/C19H15ClN4S/c20-17-11-4-3-10-16(17)18-22-23-19(24(18)21)25-12-14-8-5-7-13-6-1-2-9-15(13)14/h1-11H,12,21H2. The molecule has 25 heavy (non-hydrogen) atoms. The molecule has 4 aromatic rings. The van der Waals surface area contributed by atoms with E-state index in [9.17, 15) is 0 Å². The van der Waals surface area contributed by atoms with Crippen LogP contribution in [0, 0.1) is 0 Å². The van der Waals surface area contributed by atoms with Crippen molar-refractivity contribution >= 4 is 34.1 Å². The molecule has 3 aromatic carbocycles. The fourth-order valence-electron chi connectivity index (χ4n) is 2.76. The summed E-state index contributed by atoms with van der Waals surface area (Å²) in [5, 5.41) is 12.2. The molecule has 0 aliphatic heterocycles. The molecule has 0 spiro atoms. The number of fused-ring (bicyclic) bond motifs is 1. The minimum Gasteiger partial charge on any atom is -0.335 e. The molecule has 1 heterocycles. The highest BCUT2D eigenvalue weighted by Crippen LogP contribution is 2.30. The maximum Gasteiger partial charge on any atom is 0.210 e. The van der Waals surface area contributed by atoms with Crippen molar-refractivity contribution in [2.75, 3.05) is 5.84 Å². The first-order valence-corrected chi connectivity index (χ1v) is 9.15. The van der Waals surface area contributed by atoms with Crippen LogP contribution in [0.25, 0.3) is 22.2 Å². The zero-order valence-electron chi connectivity index (χ0n) is 13.3. The fraction of sp³-hybridized carbons (Fsp3) is 0.0526. The minimum atomic E-state index is 0.561. The van der Waals surface area contributed by atoms with Gasteiger partial charge in [0.1, 0.15) is 0 Å². The zero-order chi connectivity index (χ0) is 17.2. The van der Waals surface area contributed by atoms with E-state index in [0.29, 0.717) is 16.0 Å². The Morgan fingerprint density at radius 1 is 0.920 bits per heavy atom. The van der Waals surface area contributed by atoms with Crippen molar-refractivity contribution in [2.24, 2.45) is 0 Å². The lowest BCUT2D eigenvalue weighted by Crippen LogP contribution is -2.11. The van der Waals surface area contributed by atoms with Gasteiger partial charge in [-0.05, 0) is 28.5 Å². The van der Waals surface area contributed by atoms with E-state index >= 15 is 0 Å². The van der Waals surface area contributed by atoms with Crippen LogP contribution in [0.1, 0.15) is 5.56 Å². The molecule has 1 aromatic heterocycles. The van der Waals surface area contributed by atoms with Crippen LogP contribution >= 0.6 is 23.4 Å². The number of thioether (sulfide) groups is 1. The first kappa shape index (κ1) is 16.0. The summed E-state index contributed by atoms with van der Waals surface area (Å²) in [6.07, 6.45) is 0. The Balaban J connectivity index is 1.61. The quantitative estimate of drug-likeness (QED) is 0.418. The summed E-state index contributed by atoms with van der Waals surface area (Å²) in [6.45, 7) is 0. The van der Waals surface area contributed by atoms with Crippen LogP contribution in [-0.4, -0.2) is 14.9 Å². The first-order valence-electron chi connectivity index (χ1n) is 7.79. The Morgan fingerprint density at radius 3 is 2.56 bits per heavy atom. The Bertz CT molecular complexity index is 1040. The van der Waals surface area contributed by atoms with Gasteiger partial charge >= 0.3 is 0 Å². The first-order chi connectivity index (χ1) is 12.2. The van der Waals surface area contributed by atoms with E-state index in [1.807, 2.05) is 30.3 Å². The molecular formula is C19H15ClN4S. The molecule has 0 saturated heterocycles. The number of nitrogens with zero attached hydrogens (tertiary/aromatic N) is 3. The molecule has 2 N–H and O–H groups in total. The van der Waals surface area contributed by atoms with Gasteiger partial charge in [-0.1, -0.05) is 78.0 Å². The Morgan fingerprint density at radius 2 is 1.68 bits per heavy atom. The van der Waals surface area contributed by atoms with Crippen LogP contribution in [0.4, 0.5) is 0 Å². The largest absolute Gasteiger partial charge is 0.335 e. The third-order valence-electron chi connectivity index (χ3n) is 4.02. The summed E-state index contributed by atoms with van der Waals surface area (Å²) in [4.78, 5) is 0. The highest BCUT2D eigenvalue weighted by Gasteiger charge is 2.14. The maximum atomic E-state index is 6.23. The van der Waals surface area contributed by atoms with E-state index in [4.69, 9.17) is 17.4 Å². The molecule has 0 saturated carbocycles. The predicted molar refractivity (Wildman–Crippen MR) is 104 cm³/mol. The third kappa shape index (κ3) is 3.08. The molecular weight excluding hydrogens is 352 g/mol. The number of rotatable bonds is 4. The number of nitrogens with two attached hydrogens (primary N) is 1. The molecule has 0 bridgehead atoms. The molecule has 0 aliphatic rings. The van der Waals surface area contributed by atoms with Crippen LogP contribution in [0.3, 0.4) is 0 Å². The maximum absolute atomic E-state index is 6.23. The average molecular weight is 367 g/mol. The molecule has 124 valence electrons. The molecule has 6 heteroatoms. The number of nitrogen functional groups attached to an aromatic ring is 1. The topological polar surface area (TPSA) is 56.7 Å². The summed E-state index contributed by atoms with van der Waals surface area (Å²) in [7, 11) is 0. The Hall–Kier alpha value is -2.50. The van der Waals surface area contributed by atoms with Crippen LogP contribution in [-0.2, 0) is 5.75 Å². The second-order valence-corrected chi connectivity index (χ2v) is 6.93. The molecule has 4 rings (SSSR count). The van der Waals surface area contributed by atoms with Crippen LogP contribution in [0.5, 0.6) is 0 Å². The number of hydrogen-bond acceptors (Lipinski definition) is 4. The summed E-state index contributed by atoms with van der Waals surface area (Å²) in [6, 6.07) is 22.1. The summed E-state index contributed by atoms with van der Waals surface area (Å²) < 4.78 is 1.50. The van der Waals surface area contributed by atoms with Crippen molar-refractivity contribution in [3.8, 4) is 11.4 Å². The number of aromatic nitrogens is 3. The lowest BCUT2D eigenvalue weighted by molar-refractivity contribution is 0.850. The summed E-state index contributed by atoms with van der Waals surface area (Å²) in [5.74, 6) is 7.52. The molecule has 0 atom stereocenters. The average Bonchev–Trinajstić information content (AvgIpc) is 3.01. The SMILES string of the molecule is Nn1c(SCc2cccc3ccccc23)nnc1-c1ccccc1Cl. The fourth-order valence-corrected chi connectivity index (χ4v) is 3.84. The van der Waals surface area contributed by atoms with Gasteiger partial charge in [0.05, 0.1) is 5.02 Å². The van der Waals surface area contributed by atoms with Crippen molar-refractivity contribution in [3.63, 3.8) is 0 Å². The minimum absolute atomic E-state index is 0.561. The molecule has 0 radical (unpaired) electrons. The van der Waals surface area contributed by atoms with Gasteiger partial charge in [-0.3, -0.25) is 0 Å². The highest BCUT2D eigenvalue weighted by atomic mass is 35.5. The van der Waals surface area contributed by atoms with Crippen molar-refractivity contribution < 1.29 is 0 Å². The van der Waals surface area contributed by atoms with Crippen LogP contribution in [0.2, 0.25) is 5.02 Å². The van der Waals surface area contributed by atoms with Gasteiger partial charge in [0, 0.05) is 11.3 Å². The van der Waals surface area contributed by atoms with Crippen LogP contribution in [0.15, 0.2) is 71.9 Å². The van der Waals surface area contributed by atoms with Gasteiger partial charge in [0.25, 0.3) is 0 Å². The molecule has 0 amide bonds.